The van der Waals surface area contributed by atoms with Crippen LogP contribution in [0.25, 0.3) is 11.7 Å². The topological polar surface area (TPSA) is 98.1 Å². The predicted octanol–water partition coefficient (Wildman–Crippen LogP) is -0.341. The molecule has 0 saturated heterocycles. The number of hydrogen-bond acceptors (Lipinski definition) is 6. The zero-order valence-electron chi connectivity index (χ0n) is 4.53. The van der Waals surface area contributed by atoms with Crippen molar-refractivity contribution in [1.82, 2.24) is 15.0 Å². The summed E-state index contributed by atoms with van der Waals surface area (Å²) in [5.74, 6) is -0.137. The Hall–Kier alpha value is -1.79. The highest BCUT2D eigenvalue weighted by Crippen LogP contribution is 1.93. The van der Waals surface area contributed by atoms with Crippen LogP contribution >= 0.6 is 0 Å². The predicted molar refractivity (Wildman–Crippen MR) is 25.8 cm³/mol. The van der Waals surface area contributed by atoms with Gasteiger partial charge in [-0.2, -0.15) is 0 Å². The van der Waals surface area contributed by atoms with E-state index in [0.29, 0.717) is 0 Å². The van der Waals surface area contributed by atoms with Crippen molar-refractivity contribution in [2.75, 3.05) is 0 Å². The van der Waals surface area contributed by atoms with Crippen LogP contribution in [0.2, 0.25) is 0 Å². The molecule has 7 nitrogen and oxygen atoms in total. The van der Waals surface area contributed by atoms with E-state index in [9.17, 15) is 4.79 Å². The maximum Gasteiger partial charge on any atom is 0.376 e. The molecule has 0 fully saturated rings. The van der Waals surface area contributed by atoms with E-state index in [1.807, 2.05) is 0 Å². The highest BCUT2D eigenvalue weighted by Gasteiger charge is 1.98. The third kappa shape index (κ3) is 0.642. The number of nitrogens with one attached hydrogen (secondary N) is 1. The molecule has 0 amide bonds. The first-order valence-corrected chi connectivity index (χ1v) is 2.34. The van der Waals surface area contributed by atoms with Crippen LogP contribution < -0.4 is 5.69 Å². The van der Waals surface area contributed by atoms with Crippen LogP contribution in [0.5, 0.6) is 0 Å². The van der Waals surface area contributed by atoms with Gasteiger partial charge in [0.25, 0.3) is 0 Å². The van der Waals surface area contributed by atoms with Crippen molar-refractivity contribution in [2.45, 2.75) is 0 Å². The summed E-state index contributed by atoms with van der Waals surface area (Å²) in [5.41, 5.74) is -0.688. The molecule has 2 aromatic heterocycles. The summed E-state index contributed by atoms with van der Waals surface area (Å²) in [7, 11) is 0. The lowest BCUT2D eigenvalue weighted by atomic mass is 11.0. The highest BCUT2D eigenvalue weighted by atomic mass is 17.2. The molecule has 10 heavy (non-hydrogen) atoms. The van der Waals surface area contributed by atoms with Gasteiger partial charge < -0.3 is 0 Å². The summed E-state index contributed by atoms with van der Waals surface area (Å²) in [4.78, 5) is 19.3. The van der Waals surface area contributed by atoms with Gasteiger partial charge in [-0.1, -0.05) is 4.74 Å². The summed E-state index contributed by atoms with van der Waals surface area (Å²) in [6.45, 7) is 0. The Labute approximate surface area is 52.2 Å². The molecule has 0 atom stereocenters. The second-order valence-corrected chi connectivity index (χ2v) is 1.48. The Morgan fingerprint density at radius 3 is 2.40 bits per heavy atom. The Kier molecular flexibility index (Phi) is 0.802. The fourth-order valence-electron chi connectivity index (χ4n) is 0.507. The smallest absolute Gasteiger partial charge is 0.255 e. The van der Waals surface area contributed by atoms with Crippen molar-refractivity contribution in [3.8, 4) is 0 Å². The lowest BCUT2D eigenvalue weighted by Gasteiger charge is -1.86. The lowest BCUT2D eigenvalue weighted by Crippen LogP contribution is -2.10. The van der Waals surface area contributed by atoms with Gasteiger partial charge in [0, 0.05) is 0 Å². The molecule has 2 aromatic rings. The standard InChI is InChI=1S/C3HN3O4/c7-1-4-2-6-3(5-1)9-10-8-2/h(H,4,5,6,7). The van der Waals surface area contributed by atoms with Gasteiger partial charge in [-0.05, 0) is 0 Å². The Balaban J connectivity index is 3.02. The Morgan fingerprint density at radius 1 is 1.20 bits per heavy atom. The molecular weight excluding hydrogens is 142 g/mol. The van der Waals surface area contributed by atoms with Crippen molar-refractivity contribution in [3.05, 3.63) is 10.5 Å². The van der Waals surface area contributed by atoms with E-state index in [4.69, 9.17) is 0 Å². The average molecular weight is 143 g/mol. The summed E-state index contributed by atoms with van der Waals surface area (Å²) in [6, 6.07) is 0. The Morgan fingerprint density at radius 2 is 1.80 bits per heavy atom. The average Bonchev–Trinajstić information content (AvgIpc) is 1.85. The molecule has 0 saturated carbocycles. The van der Waals surface area contributed by atoms with Gasteiger partial charge in [-0.25, -0.2) is 13.9 Å². The largest absolute Gasteiger partial charge is 0.376 e. The number of hydrogen-bond donors (Lipinski definition) is 1. The van der Waals surface area contributed by atoms with Crippen molar-refractivity contribution >= 4 is 11.7 Å². The van der Waals surface area contributed by atoms with Gasteiger partial charge >= 0.3 is 17.4 Å². The summed E-state index contributed by atoms with van der Waals surface area (Å²) >= 11 is 0. The maximum absolute atomic E-state index is 10.4. The van der Waals surface area contributed by atoms with Gasteiger partial charge in [0.1, 0.15) is 0 Å². The van der Waals surface area contributed by atoms with Crippen LogP contribution in [0.1, 0.15) is 0 Å². The van der Waals surface area contributed by atoms with E-state index in [1.54, 1.807) is 0 Å². The summed E-state index contributed by atoms with van der Waals surface area (Å²) < 4.78 is 12.5. The normalized spacial score (nSPS) is 10.4. The van der Waals surface area contributed by atoms with E-state index in [0.717, 1.165) is 0 Å². The fourth-order valence-corrected chi connectivity index (χ4v) is 0.507. The van der Waals surface area contributed by atoms with Crippen molar-refractivity contribution in [1.29, 1.82) is 0 Å². The first-order valence-electron chi connectivity index (χ1n) is 2.34. The van der Waals surface area contributed by atoms with E-state index in [1.165, 1.54) is 0 Å². The molecule has 0 aliphatic heterocycles. The monoisotopic (exact) mass is 143 g/mol. The molecule has 2 rings (SSSR count). The second-order valence-electron chi connectivity index (χ2n) is 1.48. The molecule has 2 heterocycles. The molecule has 0 unspecified atom stereocenters. The number of rotatable bonds is 0. The SMILES string of the molecule is O=c1nc2[nH]c(n1)ooo2. The van der Waals surface area contributed by atoms with Crippen molar-refractivity contribution < 1.29 is 13.9 Å². The molecule has 1 N–H and O–H groups in total. The van der Waals surface area contributed by atoms with Gasteiger partial charge in [-0.15, -0.1) is 9.97 Å². The first kappa shape index (κ1) is 5.03. The molecule has 7 heteroatoms. The first-order chi connectivity index (χ1) is 4.84. The van der Waals surface area contributed by atoms with Crippen LogP contribution in [0.3, 0.4) is 0 Å². The van der Waals surface area contributed by atoms with Gasteiger partial charge in [0.2, 0.25) is 0 Å². The maximum atomic E-state index is 10.4. The van der Waals surface area contributed by atoms with Crippen molar-refractivity contribution in [2.24, 2.45) is 0 Å². The number of aromatic nitrogens is 3. The van der Waals surface area contributed by atoms with E-state index in [2.05, 4.69) is 28.8 Å². The van der Waals surface area contributed by atoms with Gasteiger partial charge in [-0.3, -0.25) is 4.98 Å². The van der Waals surface area contributed by atoms with E-state index in [-0.39, 0.29) is 11.7 Å². The Bertz CT molecular complexity index is 371. The second kappa shape index (κ2) is 1.59. The number of aromatic amines is 1. The zero-order chi connectivity index (χ0) is 6.97. The summed E-state index contributed by atoms with van der Waals surface area (Å²) in [5, 5.41) is 0. The molecule has 0 aliphatic carbocycles. The van der Waals surface area contributed by atoms with Crippen LogP contribution in [0, 0.1) is 0 Å². The van der Waals surface area contributed by atoms with Crippen molar-refractivity contribution in [3.63, 3.8) is 0 Å². The zero-order valence-corrected chi connectivity index (χ0v) is 4.53. The van der Waals surface area contributed by atoms with E-state index < -0.39 is 5.69 Å². The minimum atomic E-state index is -0.688. The molecule has 52 valence electrons. The van der Waals surface area contributed by atoms with Crippen LogP contribution in [-0.2, 0) is 0 Å². The molecular formula is C3HN3O4. The van der Waals surface area contributed by atoms with Crippen LogP contribution in [-0.4, -0.2) is 15.0 Å². The third-order valence-corrected chi connectivity index (χ3v) is 0.834. The minimum Gasteiger partial charge on any atom is -0.255 e. The molecule has 2 bridgehead atoms. The lowest BCUT2D eigenvalue weighted by molar-refractivity contribution is -0.170. The number of fused-ring (bicyclic) bond motifs is 2. The number of nitrogens with zero attached hydrogens (tertiary/aromatic N) is 2. The van der Waals surface area contributed by atoms with Crippen LogP contribution in [0.15, 0.2) is 18.7 Å². The summed E-state index contributed by atoms with van der Waals surface area (Å²) in [6.07, 6.45) is 0. The molecule has 0 aromatic carbocycles. The van der Waals surface area contributed by atoms with E-state index >= 15 is 0 Å². The minimum absolute atomic E-state index is 0.0683. The number of H-pyrrole nitrogens is 1. The fraction of sp³-hybridized carbons (Fsp3) is 0. The highest BCUT2D eigenvalue weighted by molar-refractivity contribution is 5.25. The van der Waals surface area contributed by atoms with Gasteiger partial charge in [0.15, 0.2) is 0 Å². The molecule has 0 radical (unpaired) electrons. The quantitative estimate of drug-likeness (QED) is 0.506. The van der Waals surface area contributed by atoms with Crippen LogP contribution in [0.4, 0.5) is 0 Å². The molecule has 0 aliphatic rings. The third-order valence-electron chi connectivity index (χ3n) is 0.834. The van der Waals surface area contributed by atoms with Gasteiger partial charge in [0.05, 0.1) is 0 Å². The molecule has 0 spiro atoms.